The lowest BCUT2D eigenvalue weighted by Gasteiger charge is -2.34. The van der Waals surface area contributed by atoms with Crippen molar-refractivity contribution >= 4 is 34.7 Å². The maximum absolute atomic E-state index is 13.6. The number of carbonyl (C=O) groups excluding carboxylic acids is 2. The van der Waals surface area contributed by atoms with Gasteiger partial charge in [0.25, 0.3) is 11.8 Å². The lowest BCUT2D eigenvalue weighted by atomic mass is 10.0. The molecule has 2 amide bonds. The minimum absolute atomic E-state index is 0.249. The topological polar surface area (TPSA) is 43.9 Å². The van der Waals surface area contributed by atoms with Crippen LogP contribution in [-0.2, 0) is 16.0 Å². The number of aryl methyl sites for hydroxylation is 1. The third-order valence-corrected chi connectivity index (χ3v) is 6.28. The maximum atomic E-state index is 13.6. The first-order valence-corrected chi connectivity index (χ1v) is 11.3. The number of hydrogen-bond acceptors (Lipinski definition) is 4. The van der Waals surface area contributed by atoms with Crippen LogP contribution in [0.1, 0.15) is 30.9 Å². The van der Waals surface area contributed by atoms with Crippen molar-refractivity contribution in [2.24, 2.45) is 0 Å². The molecule has 6 heteroatoms. The molecule has 0 aromatic heterocycles. The quantitative estimate of drug-likeness (QED) is 0.635. The summed E-state index contributed by atoms with van der Waals surface area (Å²) in [6.45, 7) is 5.30. The highest BCUT2D eigenvalue weighted by atomic mass is 35.5. The van der Waals surface area contributed by atoms with Gasteiger partial charge in [0, 0.05) is 31.2 Å². The number of piperazine rings is 1. The molecule has 0 N–H and O–H groups in total. The first kappa shape index (κ1) is 21.6. The predicted molar refractivity (Wildman–Crippen MR) is 125 cm³/mol. The van der Waals surface area contributed by atoms with Crippen molar-refractivity contribution in [1.29, 1.82) is 0 Å². The number of anilines is 1. The van der Waals surface area contributed by atoms with E-state index in [1.807, 2.05) is 36.4 Å². The lowest BCUT2D eigenvalue weighted by Crippen LogP contribution is -2.46. The Hall–Kier alpha value is -2.63. The molecule has 2 aromatic carbocycles. The third kappa shape index (κ3) is 4.39. The number of amides is 2. The van der Waals surface area contributed by atoms with Crippen molar-refractivity contribution in [2.45, 2.75) is 26.2 Å². The largest absolute Gasteiger partial charge is 0.364 e. The third-order valence-electron chi connectivity index (χ3n) is 6.03. The Morgan fingerprint density at radius 2 is 1.52 bits per heavy atom. The van der Waals surface area contributed by atoms with Crippen LogP contribution >= 0.6 is 11.6 Å². The van der Waals surface area contributed by atoms with Crippen LogP contribution in [0, 0.1) is 0 Å². The van der Waals surface area contributed by atoms with Gasteiger partial charge >= 0.3 is 0 Å². The summed E-state index contributed by atoms with van der Waals surface area (Å²) >= 11 is 6.07. The van der Waals surface area contributed by atoms with Gasteiger partial charge in [0.1, 0.15) is 5.70 Å². The van der Waals surface area contributed by atoms with Crippen LogP contribution in [0.4, 0.5) is 5.69 Å². The number of imide groups is 1. The van der Waals surface area contributed by atoms with Crippen LogP contribution in [0.5, 0.6) is 0 Å². The molecule has 2 aromatic rings. The number of hydrogen-bond donors (Lipinski definition) is 0. The van der Waals surface area contributed by atoms with Crippen molar-refractivity contribution in [3.8, 4) is 0 Å². The Morgan fingerprint density at radius 3 is 2.13 bits per heavy atom. The van der Waals surface area contributed by atoms with E-state index < -0.39 is 0 Å². The molecule has 162 valence electrons. The number of nitrogens with zero attached hydrogens (tertiary/aromatic N) is 3. The zero-order valence-electron chi connectivity index (χ0n) is 18.1. The van der Waals surface area contributed by atoms with Crippen LogP contribution in [0.15, 0.2) is 54.2 Å². The number of carbonyl (C=O) groups is 2. The van der Waals surface area contributed by atoms with Gasteiger partial charge in [-0.15, -0.1) is 0 Å². The molecule has 1 fully saturated rings. The Labute approximate surface area is 188 Å². The monoisotopic (exact) mass is 437 g/mol. The molecule has 31 heavy (non-hydrogen) atoms. The Kier molecular flexibility index (Phi) is 6.44. The standard InChI is InChI=1S/C25H28ClN3O2/c1-3-4-5-18-6-12-21(13-7-18)29-24(30)22(19-8-10-20(26)11-9-19)23(25(29)31)28-16-14-27(2)15-17-28/h6-13H,3-5,14-17H2,1-2H3. The molecule has 1 saturated heterocycles. The highest BCUT2D eigenvalue weighted by Gasteiger charge is 2.42. The zero-order chi connectivity index (χ0) is 22.0. The molecule has 2 heterocycles. The molecule has 0 radical (unpaired) electrons. The molecule has 5 nitrogen and oxygen atoms in total. The van der Waals surface area contributed by atoms with Gasteiger partial charge in [0.15, 0.2) is 0 Å². The number of benzene rings is 2. The SMILES string of the molecule is CCCCc1ccc(N2C(=O)C(c3ccc(Cl)cc3)=C(N3CCN(C)CC3)C2=O)cc1. The van der Waals surface area contributed by atoms with Crippen LogP contribution in [0.3, 0.4) is 0 Å². The number of halogens is 1. The molecular formula is C25H28ClN3O2. The molecule has 0 unspecified atom stereocenters. The molecule has 0 spiro atoms. The van der Waals surface area contributed by atoms with E-state index in [1.165, 1.54) is 10.5 Å². The van der Waals surface area contributed by atoms with E-state index in [1.54, 1.807) is 12.1 Å². The maximum Gasteiger partial charge on any atom is 0.282 e. The number of rotatable bonds is 6. The first-order valence-electron chi connectivity index (χ1n) is 10.9. The molecule has 0 saturated carbocycles. The van der Waals surface area contributed by atoms with E-state index in [4.69, 9.17) is 11.6 Å². The van der Waals surface area contributed by atoms with E-state index in [9.17, 15) is 9.59 Å². The summed E-state index contributed by atoms with van der Waals surface area (Å²) in [5.41, 5.74) is 3.51. The normalized spacial score (nSPS) is 17.8. The fraction of sp³-hybridized carbons (Fsp3) is 0.360. The zero-order valence-corrected chi connectivity index (χ0v) is 18.9. The molecule has 0 aliphatic carbocycles. The first-order chi connectivity index (χ1) is 15.0. The van der Waals surface area contributed by atoms with E-state index in [0.717, 1.165) is 37.9 Å². The van der Waals surface area contributed by atoms with Crippen molar-refractivity contribution in [3.63, 3.8) is 0 Å². The van der Waals surface area contributed by atoms with Gasteiger partial charge in [0.2, 0.25) is 0 Å². The van der Waals surface area contributed by atoms with E-state index >= 15 is 0 Å². The summed E-state index contributed by atoms with van der Waals surface area (Å²) in [6, 6.07) is 14.9. The van der Waals surface area contributed by atoms with Crippen LogP contribution in [-0.4, -0.2) is 54.8 Å². The summed E-state index contributed by atoms with van der Waals surface area (Å²) < 4.78 is 0. The van der Waals surface area contributed by atoms with Crippen molar-refractivity contribution in [3.05, 3.63) is 70.4 Å². The van der Waals surface area contributed by atoms with E-state index in [2.05, 4.69) is 23.8 Å². The average Bonchev–Trinajstić information content (AvgIpc) is 3.04. The highest BCUT2D eigenvalue weighted by Crippen LogP contribution is 2.35. The summed E-state index contributed by atoms with van der Waals surface area (Å²) in [6.07, 6.45) is 3.25. The van der Waals surface area contributed by atoms with Crippen LogP contribution in [0.25, 0.3) is 5.57 Å². The number of unbranched alkanes of at least 4 members (excludes halogenated alkanes) is 1. The van der Waals surface area contributed by atoms with Gasteiger partial charge in [-0.25, -0.2) is 4.90 Å². The Balaban J connectivity index is 1.70. The molecule has 0 atom stereocenters. The van der Waals surface area contributed by atoms with Gasteiger partial charge < -0.3 is 9.80 Å². The van der Waals surface area contributed by atoms with Gasteiger partial charge in [-0.3, -0.25) is 9.59 Å². The van der Waals surface area contributed by atoms with Crippen molar-refractivity contribution < 1.29 is 9.59 Å². The minimum Gasteiger partial charge on any atom is -0.364 e. The van der Waals surface area contributed by atoms with Gasteiger partial charge in [-0.1, -0.05) is 49.2 Å². The molecule has 4 rings (SSSR count). The predicted octanol–water partition coefficient (Wildman–Crippen LogP) is 4.21. The van der Waals surface area contributed by atoms with Gasteiger partial charge in [-0.05, 0) is 55.3 Å². The van der Waals surface area contributed by atoms with E-state index in [0.29, 0.717) is 35.1 Å². The Bertz CT molecular complexity index is 990. The highest BCUT2D eigenvalue weighted by molar-refractivity contribution is 6.45. The minimum atomic E-state index is -0.275. The second-order valence-electron chi connectivity index (χ2n) is 8.24. The smallest absolute Gasteiger partial charge is 0.282 e. The lowest BCUT2D eigenvalue weighted by molar-refractivity contribution is -0.120. The van der Waals surface area contributed by atoms with Crippen LogP contribution < -0.4 is 4.90 Å². The van der Waals surface area contributed by atoms with Gasteiger partial charge in [-0.2, -0.15) is 0 Å². The fourth-order valence-electron chi connectivity index (χ4n) is 4.15. The van der Waals surface area contributed by atoms with Crippen molar-refractivity contribution in [1.82, 2.24) is 9.80 Å². The van der Waals surface area contributed by atoms with Crippen molar-refractivity contribution in [2.75, 3.05) is 38.1 Å². The number of likely N-dealkylation sites (N-methyl/N-ethyl adjacent to an activating group) is 1. The Morgan fingerprint density at radius 1 is 0.871 bits per heavy atom. The van der Waals surface area contributed by atoms with Crippen LogP contribution in [0.2, 0.25) is 5.02 Å². The average molecular weight is 438 g/mol. The van der Waals surface area contributed by atoms with Gasteiger partial charge in [0.05, 0.1) is 11.3 Å². The molecule has 2 aliphatic rings. The molecule has 2 aliphatic heterocycles. The fourth-order valence-corrected chi connectivity index (χ4v) is 4.27. The molecular weight excluding hydrogens is 410 g/mol. The summed E-state index contributed by atoms with van der Waals surface area (Å²) in [4.78, 5) is 32.7. The molecule has 0 bridgehead atoms. The second kappa shape index (κ2) is 9.25. The summed E-state index contributed by atoms with van der Waals surface area (Å²) in [7, 11) is 2.07. The summed E-state index contributed by atoms with van der Waals surface area (Å²) in [5.74, 6) is -0.525. The second-order valence-corrected chi connectivity index (χ2v) is 8.67. The van der Waals surface area contributed by atoms with E-state index in [-0.39, 0.29) is 11.8 Å². The summed E-state index contributed by atoms with van der Waals surface area (Å²) in [5, 5.41) is 0.599.